The molecule has 0 unspecified atom stereocenters. The summed E-state index contributed by atoms with van der Waals surface area (Å²) in [4.78, 5) is 1.79. The highest BCUT2D eigenvalue weighted by Crippen LogP contribution is 2.41. The van der Waals surface area contributed by atoms with E-state index in [1.54, 1.807) is 4.80 Å². The Morgan fingerprint density at radius 3 is 1.78 bits per heavy atom. The van der Waals surface area contributed by atoms with Gasteiger partial charge in [0.05, 0.1) is 18.9 Å². The second-order valence-corrected chi connectivity index (χ2v) is 15.7. The van der Waals surface area contributed by atoms with E-state index in [1.807, 2.05) is 30.3 Å². The molecular weight excluding hydrogens is 725 g/mol. The van der Waals surface area contributed by atoms with Crippen molar-refractivity contribution < 1.29 is 4.74 Å². The van der Waals surface area contributed by atoms with Crippen molar-refractivity contribution in [2.75, 3.05) is 0 Å². The van der Waals surface area contributed by atoms with E-state index in [-0.39, 0.29) is 0 Å². The highest BCUT2D eigenvalue weighted by molar-refractivity contribution is 5.80. The Bertz CT molecular complexity index is 2470. The number of aromatic nitrogens is 6. The van der Waals surface area contributed by atoms with Crippen LogP contribution < -0.4 is 0 Å². The van der Waals surface area contributed by atoms with Crippen LogP contribution in [0.2, 0.25) is 0 Å². The van der Waals surface area contributed by atoms with E-state index in [0.29, 0.717) is 19.0 Å². The first kappa shape index (κ1) is 38.1. The molecule has 59 heavy (non-hydrogen) atoms. The van der Waals surface area contributed by atoms with Gasteiger partial charge in [0.15, 0.2) is 5.54 Å². The summed E-state index contributed by atoms with van der Waals surface area (Å²) in [5, 5.41) is 20.1. The van der Waals surface area contributed by atoms with E-state index in [1.165, 1.54) is 35.2 Å². The zero-order valence-corrected chi connectivity index (χ0v) is 33.7. The Morgan fingerprint density at radius 2 is 1.19 bits per heavy atom. The topological polar surface area (TPSA) is 70.7 Å². The standard InChI is InChI=1S/C52H50N6O/c1-2-3-28-50-48(49(54-57(50)36-40-29-30-40)38-59-37-41-18-8-4-9-19-41)35-39-31-33-42(34-32-39)46-26-16-17-27-47(46)51-53-56-58(55-51)52(43-20-10-5-11-21-43,44-22-12-6-13-23-44)45-24-14-7-15-25-45/h4-27,31-34,40H,2-3,28-30,35-38H2,1H3. The van der Waals surface area contributed by atoms with Crippen molar-refractivity contribution in [1.82, 2.24) is 30.0 Å². The van der Waals surface area contributed by atoms with Gasteiger partial charge in [0.2, 0.25) is 5.82 Å². The normalized spacial score (nSPS) is 12.8. The molecule has 7 heteroatoms. The van der Waals surface area contributed by atoms with Crippen LogP contribution in [0.25, 0.3) is 22.5 Å². The number of nitrogens with zero attached hydrogens (tertiary/aromatic N) is 6. The highest BCUT2D eigenvalue weighted by atomic mass is 16.5. The van der Waals surface area contributed by atoms with Gasteiger partial charge in [-0.2, -0.15) is 5.10 Å². The lowest BCUT2D eigenvalue weighted by Crippen LogP contribution is -2.39. The molecule has 0 bridgehead atoms. The predicted molar refractivity (Wildman–Crippen MR) is 235 cm³/mol. The fraction of sp³-hybridized carbons (Fsp3) is 0.231. The molecule has 1 fully saturated rings. The number of unbranched alkanes of at least 4 members (excludes halogenated alkanes) is 1. The van der Waals surface area contributed by atoms with E-state index in [9.17, 15) is 0 Å². The lowest BCUT2D eigenvalue weighted by Gasteiger charge is -2.34. The van der Waals surface area contributed by atoms with Gasteiger partial charge in [-0.1, -0.05) is 183 Å². The van der Waals surface area contributed by atoms with Crippen LogP contribution in [-0.2, 0) is 42.9 Å². The molecule has 1 aliphatic carbocycles. The van der Waals surface area contributed by atoms with Gasteiger partial charge in [0.1, 0.15) is 0 Å². The number of ether oxygens (including phenoxy) is 1. The fourth-order valence-corrected chi connectivity index (χ4v) is 8.35. The summed E-state index contributed by atoms with van der Waals surface area (Å²) < 4.78 is 8.63. The van der Waals surface area contributed by atoms with Gasteiger partial charge in [-0.3, -0.25) is 4.68 Å². The lowest BCUT2D eigenvalue weighted by molar-refractivity contribution is 0.103. The highest BCUT2D eigenvalue weighted by Gasteiger charge is 2.41. The first-order valence-corrected chi connectivity index (χ1v) is 21.1. The minimum absolute atomic E-state index is 0.500. The van der Waals surface area contributed by atoms with Crippen molar-refractivity contribution in [3.8, 4) is 22.5 Å². The molecule has 0 radical (unpaired) electrons. The third kappa shape index (κ3) is 8.16. The molecule has 1 saturated carbocycles. The third-order valence-corrected chi connectivity index (χ3v) is 11.6. The molecule has 0 amide bonds. The summed E-state index contributed by atoms with van der Waals surface area (Å²) >= 11 is 0. The Hall–Kier alpha value is -6.44. The molecule has 0 N–H and O–H groups in total. The Labute approximate surface area is 347 Å². The molecule has 2 heterocycles. The van der Waals surface area contributed by atoms with Crippen LogP contribution >= 0.6 is 0 Å². The molecule has 0 saturated heterocycles. The summed E-state index contributed by atoms with van der Waals surface area (Å²) in [6.07, 6.45) is 6.73. The van der Waals surface area contributed by atoms with E-state index in [2.05, 4.69) is 151 Å². The molecule has 6 aromatic carbocycles. The van der Waals surface area contributed by atoms with Crippen molar-refractivity contribution in [2.24, 2.45) is 5.92 Å². The molecule has 0 atom stereocenters. The van der Waals surface area contributed by atoms with Crippen LogP contribution in [0.5, 0.6) is 0 Å². The van der Waals surface area contributed by atoms with Crippen molar-refractivity contribution in [3.05, 3.63) is 215 Å². The number of hydrogen-bond donors (Lipinski definition) is 0. The summed E-state index contributed by atoms with van der Waals surface area (Å²) in [7, 11) is 0. The maximum atomic E-state index is 6.31. The smallest absolute Gasteiger partial charge is 0.205 e. The van der Waals surface area contributed by atoms with E-state index < -0.39 is 5.54 Å². The summed E-state index contributed by atoms with van der Waals surface area (Å²) in [6, 6.07) is 59.1. The number of tetrazole rings is 1. The van der Waals surface area contributed by atoms with E-state index in [4.69, 9.17) is 25.2 Å². The van der Waals surface area contributed by atoms with Crippen LogP contribution in [-0.4, -0.2) is 30.0 Å². The van der Waals surface area contributed by atoms with Crippen molar-refractivity contribution in [1.29, 1.82) is 0 Å². The SMILES string of the molecule is CCCCc1c(Cc2ccc(-c3ccccc3-c3nnn(C(c4ccccc4)(c4ccccc4)c4ccccc4)n3)cc2)c(COCc2ccccc2)nn1CC1CC1. The number of rotatable bonds is 17. The second kappa shape index (κ2) is 17.6. The lowest BCUT2D eigenvalue weighted by atomic mass is 9.77. The largest absolute Gasteiger partial charge is 0.370 e. The molecule has 0 spiro atoms. The second-order valence-electron chi connectivity index (χ2n) is 15.7. The van der Waals surface area contributed by atoms with Gasteiger partial charge >= 0.3 is 0 Å². The molecular formula is C52H50N6O. The molecule has 8 aromatic rings. The third-order valence-electron chi connectivity index (χ3n) is 11.6. The van der Waals surface area contributed by atoms with Crippen LogP contribution in [0.15, 0.2) is 170 Å². The maximum Gasteiger partial charge on any atom is 0.205 e. The molecule has 7 nitrogen and oxygen atoms in total. The van der Waals surface area contributed by atoms with Gasteiger partial charge in [-0.05, 0) is 75.8 Å². The maximum absolute atomic E-state index is 6.31. The van der Waals surface area contributed by atoms with Crippen LogP contribution in [0.4, 0.5) is 0 Å². The average molecular weight is 775 g/mol. The van der Waals surface area contributed by atoms with Crippen molar-refractivity contribution in [3.63, 3.8) is 0 Å². The predicted octanol–water partition coefficient (Wildman–Crippen LogP) is 11.1. The first-order chi connectivity index (χ1) is 29.2. The Morgan fingerprint density at radius 1 is 0.610 bits per heavy atom. The number of hydrogen-bond acceptors (Lipinski definition) is 5. The number of benzene rings is 6. The molecule has 2 aromatic heterocycles. The Kier molecular flexibility index (Phi) is 11.4. The van der Waals surface area contributed by atoms with E-state index >= 15 is 0 Å². The average Bonchev–Trinajstić information content (AvgIpc) is 3.89. The van der Waals surface area contributed by atoms with Crippen LogP contribution in [0.3, 0.4) is 0 Å². The summed E-state index contributed by atoms with van der Waals surface area (Å²) in [6.45, 7) is 4.34. The Balaban J connectivity index is 1.04. The monoisotopic (exact) mass is 774 g/mol. The van der Waals surface area contributed by atoms with Crippen molar-refractivity contribution >= 4 is 0 Å². The van der Waals surface area contributed by atoms with Gasteiger partial charge in [-0.15, -0.1) is 15.0 Å². The van der Waals surface area contributed by atoms with Crippen molar-refractivity contribution in [2.45, 2.75) is 70.7 Å². The van der Waals surface area contributed by atoms with Gasteiger partial charge in [0.25, 0.3) is 0 Å². The van der Waals surface area contributed by atoms with Crippen LogP contribution in [0.1, 0.15) is 77.4 Å². The zero-order chi connectivity index (χ0) is 39.9. The minimum atomic E-state index is -0.848. The minimum Gasteiger partial charge on any atom is -0.370 e. The first-order valence-electron chi connectivity index (χ1n) is 21.1. The fourth-order valence-electron chi connectivity index (χ4n) is 8.35. The molecule has 294 valence electrons. The van der Waals surface area contributed by atoms with Gasteiger partial charge in [0, 0.05) is 29.8 Å². The zero-order valence-electron chi connectivity index (χ0n) is 33.7. The van der Waals surface area contributed by atoms with Gasteiger partial charge in [-0.25, -0.2) is 0 Å². The molecule has 9 rings (SSSR count). The van der Waals surface area contributed by atoms with Crippen LogP contribution in [0, 0.1) is 5.92 Å². The molecule has 1 aliphatic rings. The van der Waals surface area contributed by atoms with E-state index in [0.717, 1.165) is 77.2 Å². The van der Waals surface area contributed by atoms with Gasteiger partial charge < -0.3 is 4.74 Å². The quantitative estimate of drug-likeness (QED) is 0.0862. The summed E-state index contributed by atoms with van der Waals surface area (Å²) in [5.74, 6) is 1.31. The molecule has 0 aliphatic heterocycles. The summed E-state index contributed by atoms with van der Waals surface area (Å²) in [5.41, 5.74) is 11.6.